The highest BCUT2D eigenvalue weighted by Gasteiger charge is 2.13. The molecule has 110 valence electrons. The zero-order valence-electron chi connectivity index (χ0n) is 13.1. The van der Waals surface area contributed by atoms with Crippen LogP contribution >= 0.6 is 0 Å². The minimum atomic E-state index is 0.780. The molecule has 3 nitrogen and oxygen atoms in total. The lowest BCUT2D eigenvalue weighted by atomic mass is 10.1. The van der Waals surface area contributed by atoms with Gasteiger partial charge in [-0.2, -0.15) is 0 Å². The first-order valence-corrected chi connectivity index (χ1v) is 7.28. The zero-order chi connectivity index (χ0) is 15.0. The lowest BCUT2D eigenvalue weighted by Crippen LogP contribution is -2.27. The van der Waals surface area contributed by atoms with Crippen molar-refractivity contribution in [2.24, 2.45) is 0 Å². The number of aryl methyl sites for hydroxylation is 2. The molecule has 1 heterocycles. The van der Waals surface area contributed by atoms with E-state index in [0.29, 0.717) is 0 Å². The Kier molecular flexibility index (Phi) is 7.02. The van der Waals surface area contributed by atoms with Crippen LogP contribution in [0.5, 0.6) is 0 Å². The maximum atomic E-state index is 4.74. The van der Waals surface area contributed by atoms with Gasteiger partial charge in [0, 0.05) is 30.9 Å². The molecular formula is C17H27N3. The first-order chi connectivity index (χ1) is 9.63. The van der Waals surface area contributed by atoms with Crippen LogP contribution in [-0.4, -0.2) is 24.6 Å². The molecule has 0 atom stereocenters. The minimum Gasteiger partial charge on any atom is -0.349 e. The Hall–Kier alpha value is -1.61. The van der Waals surface area contributed by atoms with Gasteiger partial charge < -0.3 is 10.2 Å². The van der Waals surface area contributed by atoms with Crippen molar-refractivity contribution >= 4 is 5.82 Å². The summed E-state index contributed by atoms with van der Waals surface area (Å²) >= 11 is 0. The summed E-state index contributed by atoms with van der Waals surface area (Å²) in [5, 5.41) is 3.47. The smallest absolute Gasteiger partial charge is 0.134 e. The second-order valence-electron chi connectivity index (χ2n) is 5.04. The maximum absolute atomic E-state index is 4.74. The van der Waals surface area contributed by atoms with Crippen LogP contribution in [0.2, 0.25) is 0 Å². The van der Waals surface area contributed by atoms with E-state index in [2.05, 4.69) is 43.3 Å². The predicted molar refractivity (Wildman–Crippen MR) is 88.3 cm³/mol. The van der Waals surface area contributed by atoms with Gasteiger partial charge in [-0.05, 0) is 38.4 Å². The van der Waals surface area contributed by atoms with E-state index in [1.54, 1.807) is 0 Å². The molecule has 1 aromatic heterocycles. The number of hydrogen-bond acceptors (Lipinski definition) is 3. The largest absolute Gasteiger partial charge is 0.349 e. The van der Waals surface area contributed by atoms with Gasteiger partial charge >= 0.3 is 0 Å². The molecule has 0 saturated heterocycles. The molecule has 0 amide bonds. The molecule has 3 heteroatoms. The molecule has 0 saturated carbocycles. The van der Waals surface area contributed by atoms with E-state index < -0.39 is 0 Å². The minimum absolute atomic E-state index is 0.780. The van der Waals surface area contributed by atoms with E-state index in [9.17, 15) is 0 Å². The van der Waals surface area contributed by atoms with E-state index in [-0.39, 0.29) is 0 Å². The van der Waals surface area contributed by atoms with Crippen molar-refractivity contribution in [1.29, 1.82) is 0 Å². The Balaban J connectivity index is 3.11. The van der Waals surface area contributed by atoms with Gasteiger partial charge in [0.05, 0.1) is 0 Å². The molecule has 0 aliphatic heterocycles. The number of anilines is 1. The first-order valence-electron chi connectivity index (χ1n) is 7.28. The first kappa shape index (κ1) is 16.4. The van der Waals surface area contributed by atoms with E-state index in [1.165, 1.54) is 11.1 Å². The number of rotatable bonds is 9. The van der Waals surface area contributed by atoms with E-state index in [1.807, 2.05) is 19.1 Å². The summed E-state index contributed by atoms with van der Waals surface area (Å²) in [6.45, 7) is 17.5. The lowest BCUT2D eigenvalue weighted by molar-refractivity contribution is 0.669. The van der Waals surface area contributed by atoms with Crippen molar-refractivity contribution in [3.8, 4) is 0 Å². The van der Waals surface area contributed by atoms with Gasteiger partial charge in [0.2, 0.25) is 0 Å². The Morgan fingerprint density at radius 3 is 2.45 bits per heavy atom. The van der Waals surface area contributed by atoms with E-state index in [4.69, 9.17) is 4.98 Å². The van der Waals surface area contributed by atoms with Crippen molar-refractivity contribution in [3.63, 3.8) is 0 Å². The predicted octanol–water partition coefficient (Wildman–Crippen LogP) is 3.38. The summed E-state index contributed by atoms with van der Waals surface area (Å²) in [6.07, 6.45) is 4.95. The van der Waals surface area contributed by atoms with Crippen LogP contribution in [0.4, 0.5) is 5.82 Å². The summed E-state index contributed by atoms with van der Waals surface area (Å²) in [5.74, 6) is 1.05. The number of hydrogen-bond donors (Lipinski definition) is 1. The summed E-state index contributed by atoms with van der Waals surface area (Å²) in [4.78, 5) is 6.95. The van der Waals surface area contributed by atoms with Gasteiger partial charge in [0.15, 0.2) is 0 Å². The van der Waals surface area contributed by atoms with Gasteiger partial charge in [-0.1, -0.05) is 19.1 Å². The van der Waals surface area contributed by atoms with Gasteiger partial charge in [0.1, 0.15) is 5.82 Å². The molecule has 0 aromatic carbocycles. The van der Waals surface area contributed by atoms with Crippen molar-refractivity contribution in [3.05, 3.63) is 48.2 Å². The molecular weight excluding hydrogens is 246 g/mol. The van der Waals surface area contributed by atoms with Gasteiger partial charge in [-0.25, -0.2) is 4.98 Å². The molecule has 0 unspecified atom stereocenters. The molecule has 0 fully saturated rings. The number of nitrogens with one attached hydrogen (secondary N) is 1. The maximum Gasteiger partial charge on any atom is 0.134 e. The standard InChI is InChI=1S/C17H27N3/c1-6-9-18-13-16-14(4)12-15(5)19-17(16)20(10-7-2)11-8-3/h7-8,12,18H,2-3,6,9-11,13H2,1,4-5H3. The van der Waals surface area contributed by atoms with Crippen LogP contribution in [0, 0.1) is 13.8 Å². The fourth-order valence-corrected chi connectivity index (χ4v) is 2.27. The topological polar surface area (TPSA) is 28.2 Å². The Morgan fingerprint density at radius 1 is 1.25 bits per heavy atom. The van der Waals surface area contributed by atoms with Crippen LogP contribution in [-0.2, 0) is 6.54 Å². The molecule has 0 aliphatic rings. The van der Waals surface area contributed by atoms with Gasteiger partial charge in [0.25, 0.3) is 0 Å². The second kappa shape index (κ2) is 8.54. The summed E-state index contributed by atoms with van der Waals surface area (Å²) in [7, 11) is 0. The van der Waals surface area contributed by atoms with Crippen LogP contribution in [0.1, 0.15) is 30.2 Å². The molecule has 0 radical (unpaired) electrons. The SMILES string of the molecule is C=CCN(CC=C)c1nc(C)cc(C)c1CNCCC. The normalized spacial score (nSPS) is 10.3. The van der Waals surface area contributed by atoms with Gasteiger partial charge in [-0.3, -0.25) is 0 Å². The Bertz CT molecular complexity index is 442. The molecule has 20 heavy (non-hydrogen) atoms. The van der Waals surface area contributed by atoms with Crippen molar-refractivity contribution in [2.75, 3.05) is 24.5 Å². The molecule has 1 aromatic rings. The highest BCUT2D eigenvalue weighted by molar-refractivity contribution is 5.52. The highest BCUT2D eigenvalue weighted by Crippen LogP contribution is 2.22. The monoisotopic (exact) mass is 273 g/mol. The second-order valence-corrected chi connectivity index (χ2v) is 5.04. The van der Waals surface area contributed by atoms with Crippen LogP contribution < -0.4 is 10.2 Å². The fraction of sp³-hybridized carbons (Fsp3) is 0.471. The van der Waals surface area contributed by atoms with E-state index in [0.717, 1.165) is 44.1 Å². The Labute approximate surface area is 123 Å². The third-order valence-corrected chi connectivity index (χ3v) is 3.18. The van der Waals surface area contributed by atoms with E-state index >= 15 is 0 Å². The molecule has 1 N–H and O–H groups in total. The zero-order valence-corrected chi connectivity index (χ0v) is 13.1. The average Bonchev–Trinajstić information content (AvgIpc) is 2.40. The third kappa shape index (κ3) is 4.49. The molecule has 1 rings (SSSR count). The fourth-order valence-electron chi connectivity index (χ4n) is 2.27. The number of nitrogens with zero attached hydrogens (tertiary/aromatic N) is 2. The van der Waals surface area contributed by atoms with Crippen molar-refractivity contribution in [2.45, 2.75) is 33.7 Å². The summed E-state index contributed by atoms with van der Waals surface area (Å²) in [6, 6.07) is 2.15. The van der Waals surface area contributed by atoms with Crippen LogP contribution in [0.25, 0.3) is 0 Å². The average molecular weight is 273 g/mol. The van der Waals surface area contributed by atoms with Crippen molar-refractivity contribution in [1.82, 2.24) is 10.3 Å². The van der Waals surface area contributed by atoms with Crippen LogP contribution in [0.15, 0.2) is 31.4 Å². The number of pyridine rings is 1. The van der Waals surface area contributed by atoms with Crippen LogP contribution in [0.3, 0.4) is 0 Å². The third-order valence-electron chi connectivity index (χ3n) is 3.18. The summed E-state index contributed by atoms with van der Waals surface area (Å²) in [5.41, 5.74) is 3.61. The quantitative estimate of drug-likeness (QED) is 0.552. The van der Waals surface area contributed by atoms with Crippen molar-refractivity contribution < 1.29 is 0 Å². The molecule has 0 bridgehead atoms. The lowest BCUT2D eigenvalue weighted by Gasteiger charge is -2.25. The highest BCUT2D eigenvalue weighted by atomic mass is 15.2. The molecule has 0 spiro atoms. The molecule has 0 aliphatic carbocycles. The number of aromatic nitrogens is 1. The van der Waals surface area contributed by atoms with Gasteiger partial charge in [-0.15, -0.1) is 13.2 Å². The summed E-state index contributed by atoms with van der Waals surface area (Å²) < 4.78 is 0. The Morgan fingerprint density at radius 2 is 1.90 bits per heavy atom.